The van der Waals surface area contributed by atoms with Crippen LogP contribution in [0.25, 0.3) is 0 Å². The molecule has 0 aromatic carbocycles. The Bertz CT molecular complexity index is 1010. The van der Waals surface area contributed by atoms with Gasteiger partial charge in [-0.2, -0.15) is 0 Å². The topological polar surface area (TPSA) is 95.9 Å². The van der Waals surface area contributed by atoms with Gasteiger partial charge in [0, 0.05) is 12.8 Å². The van der Waals surface area contributed by atoms with Gasteiger partial charge in [0.15, 0.2) is 0 Å². The van der Waals surface area contributed by atoms with Crippen LogP contribution < -0.4 is 5.32 Å². The van der Waals surface area contributed by atoms with Crippen molar-refractivity contribution in [1.29, 1.82) is 0 Å². The van der Waals surface area contributed by atoms with Gasteiger partial charge in [-0.15, -0.1) is 0 Å². The van der Waals surface area contributed by atoms with Crippen LogP contribution in [0, 0.1) is 0 Å². The van der Waals surface area contributed by atoms with Crippen molar-refractivity contribution in [3.63, 3.8) is 0 Å². The van der Waals surface area contributed by atoms with Crippen molar-refractivity contribution in [3.05, 3.63) is 36.5 Å². The molecule has 0 bridgehead atoms. The van der Waals surface area contributed by atoms with E-state index in [4.69, 9.17) is 4.74 Å². The number of esters is 1. The van der Waals surface area contributed by atoms with Crippen molar-refractivity contribution in [3.8, 4) is 0 Å². The van der Waals surface area contributed by atoms with E-state index in [1.807, 2.05) is 6.08 Å². The van der Waals surface area contributed by atoms with E-state index < -0.39 is 12.1 Å². The van der Waals surface area contributed by atoms with E-state index in [9.17, 15) is 19.8 Å². The largest absolute Gasteiger partial charge is 0.466 e. The Kier molecular flexibility index (Phi) is 50.1. The number of nitrogens with one attached hydrogen (secondary N) is 1. The van der Waals surface area contributed by atoms with Gasteiger partial charge in [-0.3, -0.25) is 9.59 Å². The van der Waals surface area contributed by atoms with E-state index >= 15 is 0 Å². The number of amides is 1. The molecule has 0 aromatic heterocycles. The molecule has 0 aliphatic heterocycles. The van der Waals surface area contributed by atoms with Crippen molar-refractivity contribution in [1.82, 2.24) is 5.32 Å². The standard InChI is InChI=1S/C56H105NO5/c1-3-5-7-9-11-13-15-17-19-22-26-30-34-38-42-46-50-56(61)62-51-47-43-39-35-31-27-23-20-21-25-29-33-37-41-45-49-55(60)57-53(52-58)54(59)48-44-40-36-32-28-24-18-16-14-12-10-8-6-4-2/h20,23,27,31,44,48,53-54,58-59H,3-19,21-22,24-26,28-30,32-43,45-47,49-52H2,1-2H3,(H,57,60)/b23-20-,31-27-,48-44+. The van der Waals surface area contributed by atoms with Crippen molar-refractivity contribution >= 4 is 11.9 Å². The summed E-state index contributed by atoms with van der Waals surface area (Å²) in [7, 11) is 0. The molecule has 0 radical (unpaired) electrons. The van der Waals surface area contributed by atoms with E-state index in [2.05, 4.69) is 43.5 Å². The summed E-state index contributed by atoms with van der Waals surface area (Å²) in [6.07, 6.45) is 63.0. The first kappa shape index (κ1) is 60.1. The Morgan fingerprint density at radius 2 is 0.790 bits per heavy atom. The van der Waals surface area contributed by atoms with E-state index in [0.29, 0.717) is 19.4 Å². The number of rotatable bonds is 50. The molecule has 0 rings (SSSR count). The zero-order chi connectivity index (χ0) is 45.1. The molecule has 0 aliphatic carbocycles. The maximum absolute atomic E-state index is 12.4. The average Bonchev–Trinajstić information content (AvgIpc) is 3.27. The predicted molar refractivity (Wildman–Crippen MR) is 269 cm³/mol. The third-order valence-electron chi connectivity index (χ3n) is 12.4. The molecule has 6 nitrogen and oxygen atoms in total. The normalized spacial score (nSPS) is 12.9. The van der Waals surface area contributed by atoms with E-state index in [1.54, 1.807) is 6.08 Å². The van der Waals surface area contributed by atoms with E-state index in [-0.39, 0.29) is 18.5 Å². The Morgan fingerprint density at radius 3 is 1.19 bits per heavy atom. The van der Waals surface area contributed by atoms with Crippen LogP contribution in [-0.2, 0) is 14.3 Å². The highest BCUT2D eigenvalue weighted by Crippen LogP contribution is 2.16. The van der Waals surface area contributed by atoms with Crippen LogP contribution in [0.3, 0.4) is 0 Å². The maximum atomic E-state index is 12.4. The van der Waals surface area contributed by atoms with Gasteiger partial charge >= 0.3 is 5.97 Å². The maximum Gasteiger partial charge on any atom is 0.305 e. The molecule has 0 saturated heterocycles. The summed E-state index contributed by atoms with van der Waals surface area (Å²) < 4.78 is 5.45. The fourth-order valence-electron chi connectivity index (χ4n) is 8.21. The van der Waals surface area contributed by atoms with E-state index in [1.165, 1.54) is 180 Å². The lowest BCUT2D eigenvalue weighted by Gasteiger charge is -2.20. The monoisotopic (exact) mass is 872 g/mol. The third kappa shape index (κ3) is 47.6. The number of carbonyl (C=O) groups is 2. The Balaban J connectivity index is 3.53. The number of carbonyl (C=O) groups excluding carboxylic acids is 2. The van der Waals surface area contributed by atoms with Crippen LogP contribution in [0.15, 0.2) is 36.5 Å². The summed E-state index contributed by atoms with van der Waals surface area (Å²) in [5.41, 5.74) is 0. The Morgan fingerprint density at radius 1 is 0.452 bits per heavy atom. The molecule has 2 atom stereocenters. The minimum atomic E-state index is -0.858. The minimum absolute atomic E-state index is 0.0198. The molecule has 6 heteroatoms. The van der Waals surface area contributed by atoms with Crippen molar-refractivity contribution in [2.45, 2.75) is 296 Å². The van der Waals surface area contributed by atoms with Crippen LogP contribution in [0.2, 0.25) is 0 Å². The van der Waals surface area contributed by atoms with Gasteiger partial charge in [-0.1, -0.05) is 243 Å². The zero-order valence-electron chi connectivity index (χ0n) is 41.4. The second-order valence-electron chi connectivity index (χ2n) is 18.6. The number of ether oxygens (including phenoxy) is 1. The first-order valence-corrected chi connectivity index (χ1v) is 27.3. The SMILES string of the molecule is CCCCCCCCCCCCCC/C=C/C(O)C(CO)NC(=O)CCCCCCCC/C=C\C=C/CCCCCOC(=O)CCCCCCCCCCCCCCCCCC. The lowest BCUT2D eigenvalue weighted by Crippen LogP contribution is -2.45. The molecule has 0 spiro atoms. The highest BCUT2D eigenvalue weighted by atomic mass is 16.5. The lowest BCUT2D eigenvalue weighted by atomic mass is 10.0. The van der Waals surface area contributed by atoms with Crippen LogP contribution in [0.4, 0.5) is 0 Å². The first-order valence-electron chi connectivity index (χ1n) is 27.3. The van der Waals surface area contributed by atoms with Gasteiger partial charge < -0.3 is 20.3 Å². The van der Waals surface area contributed by atoms with Crippen LogP contribution >= 0.6 is 0 Å². The summed E-state index contributed by atoms with van der Waals surface area (Å²) in [4.78, 5) is 24.5. The number of unbranched alkanes of at least 4 members (excludes halogenated alkanes) is 36. The minimum Gasteiger partial charge on any atom is -0.466 e. The average molecular weight is 872 g/mol. The van der Waals surface area contributed by atoms with Crippen LogP contribution in [0.1, 0.15) is 284 Å². The third-order valence-corrected chi connectivity index (χ3v) is 12.4. The quantitative estimate of drug-likeness (QED) is 0.0245. The van der Waals surface area contributed by atoms with E-state index in [0.717, 1.165) is 77.0 Å². The molecule has 3 N–H and O–H groups in total. The van der Waals surface area contributed by atoms with Gasteiger partial charge in [-0.05, 0) is 64.2 Å². The van der Waals surface area contributed by atoms with Gasteiger partial charge in [0.2, 0.25) is 5.91 Å². The van der Waals surface area contributed by atoms with Gasteiger partial charge in [0.05, 0.1) is 25.4 Å². The Labute approximate surface area is 385 Å². The molecule has 364 valence electrons. The second kappa shape index (κ2) is 51.7. The van der Waals surface area contributed by atoms with Crippen LogP contribution in [0.5, 0.6) is 0 Å². The molecule has 2 unspecified atom stereocenters. The number of hydrogen-bond donors (Lipinski definition) is 3. The van der Waals surface area contributed by atoms with Crippen molar-refractivity contribution in [2.75, 3.05) is 13.2 Å². The molecular formula is C56H105NO5. The molecular weight excluding hydrogens is 767 g/mol. The van der Waals surface area contributed by atoms with Crippen molar-refractivity contribution < 1.29 is 24.5 Å². The zero-order valence-corrected chi connectivity index (χ0v) is 41.4. The molecule has 0 aromatic rings. The molecule has 0 fully saturated rings. The van der Waals surface area contributed by atoms with Gasteiger partial charge in [0.25, 0.3) is 0 Å². The number of hydrogen-bond acceptors (Lipinski definition) is 5. The Hall–Kier alpha value is -1.92. The smallest absolute Gasteiger partial charge is 0.305 e. The summed E-state index contributed by atoms with van der Waals surface area (Å²) in [6.45, 7) is 4.85. The van der Waals surface area contributed by atoms with Crippen LogP contribution in [-0.4, -0.2) is 47.4 Å². The number of allylic oxidation sites excluding steroid dienone is 5. The fraction of sp³-hybridized carbons (Fsp3) is 0.857. The van der Waals surface area contributed by atoms with Gasteiger partial charge in [0.1, 0.15) is 0 Å². The summed E-state index contributed by atoms with van der Waals surface area (Å²) in [5, 5.41) is 23.0. The summed E-state index contributed by atoms with van der Waals surface area (Å²) in [5.74, 6) is -0.110. The molecule has 0 aliphatic rings. The number of aliphatic hydroxyl groups is 2. The predicted octanol–water partition coefficient (Wildman–Crippen LogP) is 16.5. The molecule has 0 heterocycles. The van der Waals surface area contributed by atoms with Gasteiger partial charge in [-0.25, -0.2) is 0 Å². The number of aliphatic hydroxyl groups excluding tert-OH is 2. The second-order valence-corrected chi connectivity index (χ2v) is 18.6. The van der Waals surface area contributed by atoms with Crippen molar-refractivity contribution in [2.24, 2.45) is 0 Å². The summed E-state index contributed by atoms with van der Waals surface area (Å²) >= 11 is 0. The summed E-state index contributed by atoms with van der Waals surface area (Å²) in [6, 6.07) is -0.644. The lowest BCUT2D eigenvalue weighted by molar-refractivity contribution is -0.143. The highest BCUT2D eigenvalue weighted by molar-refractivity contribution is 5.76. The molecule has 62 heavy (non-hydrogen) atoms. The first-order chi connectivity index (χ1) is 30.5. The molecule has 0 saturated carbocycles. The highest BCUT2D eigenvalue weighted by Gasteiger charge is 2.18. The fourth-order valence-corrected chi connectivity index (χ4v) is 8.21. The molecule has 1 amide bonds.